The smallest absolute Gasteiger partial charge is 0.233 e. The van der Waals surface area contributed by atoms with E-state index in [0.717, 1.165) is 31.7 Å². The van der Waals surface area contributed by atoms with Crippen LogP contribution in [-0.4, -0.2) is 16.7 Å². The van der Waals surface area contributed by atoms with Crippen LogP contribution in [0.1, 0.15) is 56.5 Å². The molecule has 3 rings (SSSR count). The van der Waals surface area contributed by atoms with E-state index in [1.807, 2.05) is 6.07 Å². The lowest BCUT2D eigenvalue weighted by molar-refractivity contribution is 0.365. The Kier molecular flexibility index (Phi) is 3.57. The Labute approximate surface area is 119 Å². The second-order valence-corrected chi connectivity index (χ2v) is 5.41. The van der Waals surface area contributed by atoms with Gasteiger partial charge in [-0.1, -0.05) is 44.2 Å². The minimum atomic E-state index is -0.0307. The summed E-state index contributed by atoms with van der Waals surface area (Å²) >= 11 is 0. The van der Waals surface area contributed by atoms with E-state index in [1.54, 1.807) is 0 Å². The molecular formula is C16H21N3O. The van der Waals surface area contributed by atoms with Gasteiger partial charge in [0.05, 0.1) is 11.5 Å². The lowest BCUT2D eigenvalue weighted by atomic mass is 9.96. The fourth-order valence-corrected chi connectivity index (χ4v) is 2.73. The first kappa shape index (κ1) is 13.3. The first-order valence-corrected chi connectivity index (χ1v) is 7.43. The molecule has 20 heavy (non-hydrogen) atoms. The molecule has 1 aromatic carbocycles. The molecule has 1 atom stereocenters. The van der Waals surface area contributed by atoms with Crippen molar-refractivity contribution < 1.29 is 4.42 Å². The lowest BCUT2D eigenvalue weighted by Crippen LogP contribution is -2.20. The predicted octanol–water partition coefficient (Wildman–Crippen LogP) is 3.21. The second kappa shape index (κ2) is 5.37. The Morgan fingerprint density at radius 2 is 1.95 bits per heavy atom. The van der Waals surface area contributed by atoms with Crippen molar-refractivity contribution in [1.29, 1.82) is 0 Å². The summed E-state index contributed by atoms with van der Waals surface area (Å²) in [6.07, 6.45) is 3.14. The Bertz CT molecular complexity index is 560. The Morgan fingerprint density at radius 3 is 2.55 bits per heavy atom. The fraction of sp³-hybridized carbons (Fsp3) is 0.500. The number of hydrogen-bond donors (Lipinski definition) is 1. The highest BCUT2D eigenvalue weighted by atomic mass is 16.4. The van der Waals surface area contributed by atoms with Crippen LogP contribution >= 0.6 is 0 Å². The van der Waals surface area contributed by atoms with Crippen LogP contribution < -0.4 is 5.32 Å². The summed E-state index contributed by atoms with van der Waals surface area (Å²) in [5, 5.41) is 12.0. The van der Waals surface area contributed by atoms with Crippen molar-refractivity contribution in [2.45, 2.75) is 44.6 Å². The maximum atomic E-state index is 5.99. The number of rotatable bonds is 6. The molecule has 1 saturated carbocycles. The van der Waals surface area contributed by atoms with Gasteiger partial charge in [-0.05, 0) is 31.4 Å². The molecule has 1 aliphatic rings. The van der Waals surface area contributed by atoms with E-state index in [-0.39, 0.29) is 11.5 Å². The molecule has 0 aliphatic heterocycles. The zero-order valence-corrected chi connectivity index (χ0v) is 12.1. The van der Waals surface area contributed by atoms with Gasteiger partial charge >= 0.3 is 0 Å². The zero-order chi connectivity index (χ0) is 14.0. The Morgan fingerprint density at radius 1 is 1.20 bits per heavy atom. The fourth-order valence-electron chi connectivity index (χ4n) is 2.73. The van der Waals surface area contributed by atoms with Gasteiger partial charge in [-0.2, -0.15) is 0 Å². The molecule has 1 heterocycles. The van der Waals surface area contributed by atoms with Gasteiger partial charge < -0.3 is 9.73 Å². The Hall–Kier alpha value is -1.68. The third-order valence-electron chi connectivity index (χ3n) is 4.08. The van der Waals surface area contributed by atoms with Crippen molar-refractivity contribution in [1.82, 2.24) is 15.5 Å². The van der Waals surface area contributed by atoms with E-state index in [0.29, 0.717) is 5.89 Å². The van der Waals surface area contributed by atoms with Gasteiger partial charge in [0.1, 0.15) is 0 Å². The quantitative estimate of drug-likeness (QED) is 0.876. The van der Waals surface area contributed by atoms with Crippen LogP contribution in [-0.2, 0) is 5.41 Å². The molecular weight excluding hydrogens is 250 g/mol. The van der Waals surface area contributed by atoms with Gasteiger partial charge in [0.2, 0.25) is 11.8 Å². The number of nitrogens with one attached hydrogen (secondary N) is 1. The van der Waals surface area contributed by atoms with Crippen molar-refractivity contribution >= 4 is 0 Å². The van der Waals surface area contributed by atoms with Crippen LogP contribution in [0.4, 0.5) is 0 Å². The zero-order valence-electron chi connectivity index (χ0n) is 12.1. The molecule has 0 amide bonds. The van der Waals surface area contributed by atoms with E-state index in [4.69, 9.17) is 4.42 Å². The average Bonchev–Trinajstić information content (AvgIpc) is 3.17. The van der Waals surface area contributed by atoms with Gasteiger partial charge in [0.25, 0.3) is 0 Å². The van der Waals surface area contributed by atoms with Crippen molar-refractivity contribution in [2.24, 2.45) is 0 Å². The van der Waals surface area contributed by atoms with Crippen LogP contribution in [0.3, 0.4) is 0 Å². The van der Waals surface area contributed by atoms with Crippen molar-refractivity contribution in [3.8, 4) is 0 Å². The second-order valence-electron chi connectivity index (χ2n) is 5.41. The van der Waals surface area contributed by atoms with Gasteiger partial charge in [0.15, 0.2) is 0 Å². The highest BCUT2D eigenvalue weighted by Gasteiger charge is 2.50. The molecule has 106 valence electrons. The summed E-state index contributed by atoms with van der Waals surface area (Å²) in [6, 6.07) is 10.6. The number of hydrogen-bond acceptors (Lipinski definition) is 4. The van der Waals surface area contributed by atoms with Crippen LogP contribution in [0, 0.1) is 0 Å². The molecule has 0 spiro atoms. The maximum absolute atomic E-state index is 5.99. The van der Waals surface area contributed by atoms with E-state index in [1.165, 1.54) is 5.56 Å². The van der Waals surface area contributed by atoms with Crippen LogP contribution in [0.15, 0.2) is 34.7 Å². The summed E-state index contributed by atoms with van der Waals surface area (Å²) < 4.78 is 5.99. The molecule has 2 aromatic rings. The van der Waals surface area contributed by atoms with E-state index in [2.05, 4.69) is 53.6 Å². The number of aromatic nitrogens is 2. The molecule has 4 nitrogen and oxygen atoms in total. The molecule has 1 unspecified atom stereocenters. The van der Waals surface area contributed by atoms with Crippen molar-refractivity contribution in [3.05, 3.63) is 47.7 Å². The van der Waals surface area contributed by atoms with E-state index < -0.39 is 0 Å². The lowest BCUT2D eigenvalue weighted by Gasteiger charge is -2.12. The summed E-state index contributed by atoms with van der Waals surface area (Å²) in [7, 11) is 0. The van der Waals surface area contributed by atoms with Crippen molar-refractivity contribution in [2.75, 3.05) is 6.54 Å². The highest BCUT2D eigenvalue weighted by molar-refractivity contribution is 5.37. The minimum absolute atomic E-state index is 0.0307. The summed E-state index contributed by atoms with van der Waals surface area (Å²) in [5.74, 6) is 1.49. The van der Waals surface area contributed by atoms with Gasteiger partial charge in [-0.25, -0.2) is 0 Å². The van der Waals surface area contributed by atoms with Gasteiger partial charge in [0, 0.05) is 0 Å². The van der Waals surface area contributed by atoms with E-state index in [9.17, 15) is 0 Å². The standard InChI is InChI=1S/C16H21N3O/c1-3-13(17-4-2)14-18-19-15(20-14)16(10-11-16)12-8-6-5-7-9-12/h5-9,13,17H,3-4,10-11H2,1-2H3. The first-order valence-electron chi connectivity index (χ1n) is 7.43. The third kappa shape index (κ3) is 2.24. The Balaban J connectivity index is 1.87. The largest absolute Gasteiger partial charge is 0.423 e. The van der Waals surface area contributed by atoms with Crippen LogP contribution in [0.25, 0.3) is 0 Å². The predicted molar refractivity (Wildman–Crippen MR) is 77.5 cm³/mol. The average molecular weight is 271 g/mol. The third-order valence-corrected chi connectivity index (χ3v) is 4.08. The molecule has 0 radical (unpaired) electrons. The molecule has 1 aliphatic carbocycles. The van der Waals surface area contributed by atoms with Gasteiger partial charge in [-0.3, -0.25) is 0 Å². The molecule has 1 aromatic heterocycles. The van der Waals surface area contributed by atoms with Crippen LogP contribution in [0.2, 0.25) is 0 Å². The van der Waals surface area contributed by atoms with Crippen molar-refractivity contribution in [3.63, 3.8) is 0 Å². The molecule has 0 bridgehead atoms. The van der Waals surface area contributed by atoms with Gasteiger partial charge in [-0.15, -0.1) is 10.2 Å². The summed E-state index contributed by atoms with van der Waals surface area (Å²) in [6.45, 7) is 5.12. The maximum Gasteiger partial charge on any atom is 0.233 e. The SMILES string of the molecule is CCNC(CC)c1nnc(C2(c3ccccc3)CC2)o1. The first-order chi connectivity index (χ1) is 9.80. The summed E-state index contributed by atoms with van der Waals surface area (Å²) in [5.41, 5.74) is 1.25. The minimum Gasteiger partial charge on any atom is -0.423 e. The summed E-state index contributed by atoms with van der Waals surface area (Å²) in [4.78, 5) is 0. The van der Waals surface area contributed by atoms with E-state index >= 15 is 0 Å². The topological polar surface area (TPSA) is 51.0 Å². The molecule has 0 saturated heterocycles. The normalized spacial score (nSPS) is 17.9. The molecule has 1 N–H and O–H groups in total. The number of benzene rings is 1. The molecule has 1 fully saturated rings. The molecule has 4 heteroatoms. The monoisotopic (exact) mass is 271 g/mol. The highest BCUT2D eigenvalue weighted by Crippen LogP contribution is 2.52. The van der Waals surface area contributed by atoms with Crippen LogP contribution in [0.5, 0.6) is 0 Å². The number of nitrogens with zero attached hydrogens (tertiary/aromatic N) is 2.